The van der Waals surface area contributed by atoms with E-state index in [1.165, 1.54) is 0 Å². The van der Waals surface area contributed by atoms with Crippen molar-refractivity contribution in [3.8, 4) is 0 Å². The zero-order valence-electron chi connectivity index (χ0n) is 15.1. The first-order chi connectivity index (χ1) is 13.8. The average Bonchev–Trinajstić information content (AvgIpc) is 3.13. The first-order valence-corrected chi connectivity index (χ1v) is 10.6. The molecule has 152 valence electrons. The van der Waals surface area contributed by atoms with Gasteiger partial charge in [0.05, 0.1) is 10.6 Å². The summed E-state index contributed by atoms with van der Waals surface area (Å²) in [5.41, 5.74) is 2.05. The third-order valence-corrected chi connectivity index (χ3v) is 6.23. The summed E-state index contributed by atoms with van der Waals surface area (Å²) in [6.07, 6.45) is 0. The summed E-state index contributed by atoms with van der Waals surface area (Å²) in [7, 11) is -3.98. The number of benzene rings is 2. The van der Waals surface area contributed by atoms with Crippen LogP contribution in [0.25, 0.3) is 0 Å². The van der Waals surface area contributed by atoms with Gasteiger partial charge in [-0.3, -0.25) is 4.79 Å². The van der Waals surface area contributed by atoms with Crippen molar-refractivity contribution in [2.75, 3.05) is 0 Å². The Morgan fingerprint density at radius 3 is 2.28 bits per heavy atom. The second-order valence-corrected chi connectivity index (χ2v) is 8.61. The van der Waals surface area contributed by atoms with Crippen LogP contribution in [-0.2, 0) is 23.1 Å². The first-order valence-electron chi connectivity index (χ1n) is 8.36. The van der Waals surface area contributed by atoms with Gasteiger partial charge in [0.2, 0.25) is 10.0 Å². The van der Waals surface area contributed by atoms with Crippen molar-refractivity contribution in [1.29, 1.82) is 0 Å². The van der Waals surface area contributed by atoms with Crippen molar-refractivity contribution in [3.63, 3.8) is 0 Å². The van der Waals surface area contributed by atoms with E-state index in [0.29, 0.717) is 22.2 Å². The average molecular weight is 438 g/mol. The van der Waals surface area contributed by atoms with E-state index in [1.807, 2.05) is 0 Å². The molecule has 3 aromatic rings. The molecule has 29 heavy (non-hydrogen) atoms. The fraction of sp³-hybridized carbons (Fsp3) is 0.167. The molecule has 1 heterocycles. The molecular formula is C18H16F2N4O3S2. The molecule has 1 aromatic heterocycles. The molecule has 0 bridgehead atoms. The molecule has 0 aliphatic heterocycles. The Hall–Kier alpha value is -2.76. The van der Waals surface area contributed by atoms with Crippen molar-refractivity contribution < 1.29 is 22.0 Å². The molecule has 3 rings (SSSR count). The summed E-state index contributed by atoms with van der Waals surface area (Å²) in [6.45, 7) is 1.96. The molecular weight excluding hydrogens is 422 g/mol. The molecule has 0 fully saturated rings. The van der Waals surface area contributed by atoms with E-state index >= 15 is 0 Å². The van der Waals surface area contributed by atoms with Crippen molar-refractivity contribution in [3.05, 3.63) is 75.8 Å². The number of halogens is 2. The Morgan fingerprint density at radius 1 is 1.03 bits per heavy atom. The van der Waals surface area contributed by atoms with Crippen molar-refractivity contribution in [2.45, 2.75) is 24.9 Å². The first kappa shape index (κ1) is 21.0. The number of aromatic nitrogens is 2. The van der Waals surface area contributed by atoms with Gasteiger partial charge in [0.25, 0.3) is 5.91 Å². The predicted octanol–water partition coefficient (Wildman–Crippen LogP) is 2.53. The quantitative estimate of drug-likeness (QED) is 0.590. The Morgan fingerprint density at radius 2 is 1.69 bits per heavy atom. The Balaban J connectivity index is 1.57. The van der Waals surface area contributed by atoms with Crippen LogP contribution in [0.1, 0.15) is 26.5 Å². The molecule has 0 atom stereocenters. The lowest BCUT2D eigenvalue weighted by Crippen LogP contribution is -2.24. The monoisotopic (exact) mass is 438 g/mol. The van der Waals surface area contributed by atoms with E-state index in [4.69, 9.17) is 0 Å². The summed E-state index contributed by atoms with van der Waals surface area (Å²) in [6, 6.07) is 9.29. The van der Waals surface area contributed by atoms with Gasteiger partial charge < -0.3 is 5.32 Å². The molecule has 0 spiro atoms. The minimum absolute atomic E-state index is 0.0281. The number of amides is 1. The van der Waals surface area contributed by atoms with E-state index in [0.717, 1.165) is 29.2 Å². The molecule has 0 aliphatic rings. The highest BCUT2D eigenvalue weighted by Crippen LogP contribution is 2.14. The number of nitrogens with zero attached hydrogens (tertiary/aromatic N) is 2. The second kappa shape index (κ2) is 8.72. The van der Waals surface area contributed by atoms with Crippen molar-refractivity contribution in [1.82, 2.24) is 19.6 Å². The van der Waals surface area contributed by atoms with Crippen LogP contribution in [0.15, 0.2) is 47.4 Å². The standard InChI is InChI=1S/C18H16F2N4O3S2/c1-11-17(28-24-23-11)18(25)21-9-12-2-4-13(5-3-12)10-22-29(26,27)14-6-7-15(19)16(20)8-14/h2-8,22H,9-10H2,1H3,(H,21,25). The Bertz CT molecular complexity index is 1130. The molecule has 0 radical (unpaired) electrons. The molecule has 0 saturated heterocycles. The smallest absolute Gasteiger partial charge is 0.265 e. The highest BCUT2D eigenvalue weighted by molar-refractivity contribution is 7.89. The van der Waals surface area contributed by atoms with Gasteiger partial charge in [0.1, 0.15) is 4.88 Å². The highest BCUT2D eigenvalue weighted by Gasteiger charge is 2.16. The molecule has 0 aliphatic carbocycles. The van der Waals surface area contributed by atoms with Crippen LogP contribution >= 0.6 is 11.5 Å². The molecule has 2 N–H and O–H groups in total. The van der Waals surface area contributed by atoms with Gasteiger partial charge in [-0.05, 0) is 47.8 Å². The summed E-state index contributed by atoms with van der Waals surface area (Å²) in [4.78, 5) is 12.1. The van der Waals surface area contributed by atoms with Crippen LogP contribution in [0.5, 0.6) is 0 Å². The van der Waals surface area contributed by atoms with Crippen LogP contribution in [0.3, 0.4) is 0 Å². The summed E-state index contributed by atoms with van der Waals surface area (Å²) in [5, 5.41) is 6.55. The lowest BCUT2D eigenvalue weighted by Gasteiger charge is -2.09. The number of sulfonamides is 1. The molecule has 2 aromatic carbocycles. The minimum Gasteiger partial charge on any atom is -0.347 e. The van der Waals surface area contributed by atoms with E-state index < -0.39 is 21.7 Å². The van der Waals surface area contributed by atoms with E-state index in [2.05, 4.69) is 19.6 Å². The second-order valence-electron chi connectivity index (χ2n) is 6.09. The Kier molecular flexibility index (Phi) is 6.30. The van der Waals surface area contributed by atoms with Gasteiger partial charge in [-0.1, -0.05) is 28.8 Å². The molecule has 7 nitrogen and oxygen atoms in total. The third-order valence-electron chi connectivity index (χ3n) is 4.00. The largest absolute Gasteiger partial charge is 0.347 e. The Labute approximate surface area is 170 Å². The molecule has 11 heteroatoms. The van der Waals surface area contributed by atoms with Crippen LogP contribution in [0.2, 0.25) is 0 Å². The zero-order chi connectivity index (χ0) is 21.0. The van der Waals surface area contributed by atoms with Gasteiger partial charge in [0, 0.05) is 13.1 Å². The number of hydrogen-bond donors (Lipinski definition) is 2. The van der Waals surface area contributed by atoms with Crippen molar-refractivity contribution >= 4 is 27.5 Å². The molecule has 0 unspecified atom stereocenters. The lowest BCUT2D eigenvalue weighted by molar-refractivity contribution is 0.0954. The number of carbonyl (C=O) groups is 1. The predicted molar refractivity (Wildman–Crippen MR) is 103 cm³/mol. The van der Waals surface area contributed by atoms with E-state index in [9.17, 15) is 22.0 Å². The fourth-order valence-corrected chi connectivity index (χ4v) is 3.99. The van der Waals surface area contributed by atoms with Crippen LogP contribution < -0.4 is 10.0 Å². The van der Waals surface area contributed by atoms with Gasteiger partial charge in [-0.15, -0.1) is 5.10 Å². The summed E-state index contributed by atoms with van der Waals surface area (Å²) in [5.74, 6) is -2.61. The molecule has 0 saturated carbocycles. The number of hydrogen-bond acceptors (Lipinski definition) is 6. The van der Waals surface area contributed by atoms with E-state index in [-0.39, 0.29) is 23.9 Å². The zero-order valence-corrected chi connectivity index (χ0v) is 16.8. The summed E-state index contributed by atoms with van der Waals surface area (Å²) < 4.78 is 56.7. The highest BCUT2D eigenvalue weighted by atomic mass is 32.2. The van der Waals surface area contributed by atoms with Crippen LogP contribution in [0, 0.1) is 18.6 Å². The third kappa shape index (κ3) is 5.19. The van der Waals surface area contributed by atoms with Gasteiger partial charge in [-0.25, -0.2) is 21.9 Å². The number of nitrogens with one attached hydrogen (secondary N) is 2. The van der Waals surface area contributed by atoms with Crippen molar-refractivity contribution in [2.24, 2.45) is 0 Å². The lowest BCUT2D eigenvalue weighted by atomic mass is 10.1. The summed E-state index contributed by atoms with van der Waals surface area (Å²) >= 11 is 1.02. The normalized spacial score (nSPS) is 11.4. The van der Waals surface area contributed by atoms with E-state index in [1.54, 1.807) is 31.2 Å². The van der Waals surface area contributed by atoms with Gasteiger partial charge in [0.15, 0.2) is 11.6 Å². The number of carbonyl (C=O) groups excluding carboxylic acids is 1. The van der Waals surface area contributed by atoms with Crippen LogP contribution in [0.4, 0.5) is 8.78 Å². The van der Waals surface area contributed by atoms with Crippen LogP contribution in [-0.4, -0.2) is 23.9 Å². The molecule has 1 amide bonds. The topological polar surface area (TPSA) is 101 Å². The SMILES string of the molecule is Cc1nnsc1C(=O)NCc1ccc(CNS(=O)(=O)c2ccc(F)c(F)c2)cc1. The fourth-order valence-electron chi connectivity index (χ4n) is 2.38. The van der Waals surface area contributed by atoms with Gasteiger partial charge in [-0.2, -0.15) is 0 Å². The maximum Gasteiger partial charge on any atom is 0.265 e. The van der Waals surface area contributed by atoms with Gasteiger partial charge >= 0.3 is 0 Å². The maximum atomic E-state index is 13.3. The maximum absolute atomic E-state index is 13.3. The number of rotatable bonds is 7. The number of aryl methyl sites for hydroxylation is 1. The minimum atomic E-state index is -3.98.